The molecule has 14 heteroatoms. The minimum absolute atomic E-state index is 0.0181. The van der Waals surface area contributed by atoms with Crippen LogP contribution >= 0.6 is 0 Å². The number of aromatic carboxylic acids is 1. The third-order valence-electron chi connectivity index (χ3n) is 11.7. The lowest BCUT2D eigenvalue weighted by Crippen LogP contribution is -2.36. The molecule has 8 nitrogen and oxygen atoms in total. The fourth-order valence-corrected chi connectivity index (χ4v) is 8.69. The number of pyridine rings is 1. The number of rotatable bonds is 10. The van der Waals surface area contributed by atoms with Gasteiger partial charge in [0.05, 0.1) is 36.6 Å². The van der Waals surface area contributed by atoms with Gasteiger partial charge in [-0.3, -0.25) is 4.98 Å². The van der Waals surface area contributed by atoms with Crippen molar-refractivity contribution in [1.82, 2.24) is 15.0 Å². The molecular weight excluding hydrogens is 750 g/mol. The van der Waals surface area contributed by atoms with E-state index in [1.807, 2.05) is 29.2 Å². The van der Waals surface area contributed by atoms with E-state index in [4.69, 9.17) is 14.5 Å². The van der Waals surface area contributed by atoms with Gasteiger partial charge in [0.25, 0.3) is 0 Å². The van der Waals surface area contributed by atoms with E-state index < -0.39 is 41.8 Å². The van der Waals surface area contributed by atoms with Gasteiger partial charge in [0, 0.05) is 61.1 Å². The first-order valence-electron chi connectivity index (χ1n) is 19.3. The van der Waals surface area contributed by atoms with Crippen molar-refractivity contribution < 1.29 is 45.7 Å². The van der Waals surface area contributed by atoms with Gasteiger partial charge in [-0.1, -0.05) is 38.1 Å². The lowest BCUT2D eigenvalue weighted by molar-refractivity contribution is -0.137. The zero-order valence-corrected chi connectivity index (χ0v) is 32.1. The molecule has 1 saturated carbocycles. The van der Waals surface area contributed by atoms with Gasteiger partial charge in [-0.2, -0.15) is 13.2 Å². The van der Waals surface area contributed by atoms with Crippen molar-refractivity contribution in [3.63, 3.8) is 0 Å². The molecule has 3 heterocycles. The number of alkyl halides is 6. The molecule has 0 spiro atoms. The number of halogens is 6. The summed E-state index contributed by atoms with van der Waals surface area (Å²) in [5.41, 5.74) is 2.42. The molecule has 2 fully saturated rings. The number of carboxylic acids is 1. The molecule has 2 aromatic carbocycles. The van der Waals surface area contributed by atoms with Crippen LogP contribution in [0.5, 0.6) is 5.75 Å². The third kappa shape index (κ3) is 8.90. The maximum atomic E-state index is 17.7. The average Bonchev–Trinajstić information content (AvgIpc) is 3.18. The molecule has 57 heavy (non-hydrogen) atoms. The van der Waals surface area contributed by atoms with Crippen molar-refractivity contribution in [2.24, 2.45) is 5.41 Å². The number of piperidine rings is 1. The van der Waals surface area contributed by atoms with Gasteiger partial charge in [-0.05, 0) is 90.8 Å². The molecule has 0 amide bonds. The van der Waals surface area contributed by atoms with Crippen molar-refractivity contribution in [2.75, 3.05) is 25.1 Å². The maximum Gasteiger partial charge on any atom is 0.416 e. The Balaban J connectivity index is 1.35. The molecule has 1 unspecified atom stereocenters. The third-order valence-corrected chi connectivity index (χ3v) is 11.7. The number of anilines is 1. The molecule has 1 N–H and O–H groups in total. The number of carbonyl (C=O) groups is 1. The van der Waals surface area contributed by atoms with E-state index in [1.54, 1.807) is 7.11 Å². The number of carboxylic acid groups (broad SMARTS) is 1. The zero-order chi connectivity index (χ0) is 40.7. The van der Waals surface area contributed by atoms with Crippen molar-refractivity contribution in [2.45, 2.75) is 108 Å². The summed E-state index contributed by atoms with van der Waals surface area (Å²) >= 11 is 0. The second kappa shape index (κ2) is 15.9. The smallest absolute Gasteiger partial charge is 0.416 e. The Hall–Kier alpha value is -4.72. The van der Waals surface area contributed by atoms with Crippen LogP contribution in [-0.4, -0.2) is 52.1 Å². The fourth-order valence-electron chi connectivity index (χ4n) is 8.69. The van der Waals surface area contributed by atoms with E-state index in [9.17, 15) is 31.9 Å². The van der Waals surface area contributed by atoms with Crippen LogP contribution in [0.4, 0.5) is 32.3 Å². The van der Waals surface area contributed by atoms with E-state index in [2.05, 4.69) is 23.8 Å². The number of fused-ring (bicyclic) bond motifs is 1. The molecule has 2 aliphatic carbocycles. The van der Waals surface area contributed by atoms with Crippen LogP contribution in [0.2, 0.25) is 0 Å². The number of ether oxygens (including phenoxy) is 2. The van der Waals surface area contributed by atoms with Crippen molar-refractivity contribution in [3.8, 4) is 5.75 Å². The number of benzene rings is 2. The second-order valence-corrected chi connectivity index (χ2v) is 16.3. The summed E-state index contributed by atoms with van der Waals surface area (Å²) in [6, 6.07) is 11.5. The fraction of sp³-hybridized carbons (Fsp3) is 0.488. The van der Waals surface area contributed by atoms with Crippen LogP contribution in [0.1, 0.15) is 138 Å². The first kappa shape index (κ1) is 40.5. The molecule has 1 aliphatic heterocycles. The zero-order valence-electron chi connectivity index (χ0n) is 32.1. The van der Waals surface area contributed by atoms with E-state index in [1.165, 1.54) is 12.4 Å². The van der Waals surface area contributed by atoms with E-state index in [-0.39, 0.29) is 60.3 Å². The molecule has 2 aromatic heterocycles. The highest BCUT2D eigenvalue weighted by atomic mass is 19.4. The molecule has 4 aromatic rings. The highest BCUT2D eigenvalue weighted by molar-refractivity contribution is 5.86. The summed E-state index contributed by atoms with van der Waals surface area (Å²) in [6.07, 6.45) is -3.05. The summed E-state index contributed by atoms with van der Waals surface area (Å²) in [4.78, 5) is 27.1. The Kier molecular flexibility index (Phi) is 11.3. The summed E-state index contributed by atoms with van der Waals surface area (Å²) < 4.78 is 100. The topological polar surface area (TPSA) is 97.7 Å². The van der Waals surface area contributed by atoms with E-state index in [0.717, 1.165) is 35.5 Å². The number of aromatic nitrogens is 3. The number of nitrogens with zero attached hydrogens (tertiary/aromatic N) is 4. The molecule has 3 aliphatic rings. The van der Waals surface area contributed by atoms with Gasteiger partial charge in [-0.15, -0.1) is 0 Å². The quantitative estimate of drug-likeness (QED) is 0.159. The van der Waals surface area contributed by atoms with Gasteiger partial charge in [0.2, 0.25) is 11.9 Å². The van der Waals surface area contributed by atoms with Crippen LogP contribution in [0.15, 0.2) is 60.9 Å². The lowest BCUT2D eigenvalue weighted by atomic mass is 9.68. The SMILES string of the molecule is COc1ccc(CO[C@H]2CC(C)(C)Cc3nc(C4CCN(c5ncc(C(=O)O)cn5)CC4)c(C(F)c4ccc(C(F)(F)F)cc4)c(C4CCC(F)(F)CC4)c32)cc1. The molecule has 1 saturated heterocycles. The Morgan fingerprint density at radius 3 is 2.14 bits per heavy atom. The molecule has 2 atom stereocenters. The minimum atomic E-state index is -4.62. The van der Waals surface area contributed by atoms with Gasteiger partial charge in [-0.25, -0.2) is 27.9 Å². The molecule has 7 rings (SSSR count). The van der Waals surface area contributed by atoms with Crippen LogP contribution in [0.25, 0.3) is 0 Å². The average molecular weight is 797 g/mol. The molecular formula is C43H46F6N4O4. The Morgan fingerprint density at radius 2 is 1.56 bits per heavy atom. The van der Waals surface area contributed by atoms with E-state index in [0.29, 0.717) is 67.3 Å². The first-order chi connectivity index (χ1) is 27.0. The lowest BCUT2D eigenvalue weighted by Gasteiger charge is -2.42. The maximum absolute atomic E-state index is 17.7. The van der Waals surface area contributed by atoms with Crippen molar-refractivity contribution in [3.05, 3.63) is 111 Å². The summed E-state index contributed by atoms with van der Waals surface area (Å²) in [5.74, 6) is -3.72. The number of hydrogen-bond acceptors (Lipinski definition) is 7. The van der Waals surface area contributed by atoms with Gasteiger partial charge >= 0.3 is 12.1 Å². The molecule has 0 radical (unpaired) electrons. The van der Waals surface area contributed by atoms with Crippen LogP contribution < -0.4 is 9.64 Å². The van der Waals surface area contributed by atoms with Crippen molar-refractivity contribution in [1.29, 1.82) is 0 Å². The Labute approximate surface area is 327 Å². The standard InChI is InChI=1S/C43H46F6N4O4/c1-41(2)20-32-35(33(21-41)57-24-25-4-10-31(56-3)11-5-25)34(26-12-16-42(45,46)17-13-26)36(37(44)27-6-8-30(9-7-27)43(47,48)49)38(52-32)28-14-18-53(19-15-28)40-50-22-29(23-51-40)39(54)55/h4-11,22-23,26,28,33,37H,12-21,24H2,1-3H3,(H,54,55)/t33-,37?/m0/s1. The van der Waals surface area contributed by atoms with Crippen LogP contribution in [0.3, 0.4) is 0 Å². The van der Waals surface area contributed by atoms with E-state index >= 15 is 4.39 Å². The largest absolute Gasteiger partial charge is 0.497 e. The van der Waals surface area contributed by atoms with Gasteiger partial charge < -0.3 is 19.5 Å². The van der Waals surface area contributed by atoms with Gasteiger partial charge in [0.15, 0.2) is 6.17 Å². The highest BCUT2D eigenvalue weighted by Gasteiger charge is 2.44. The predicted octanol–water partition coefficient (Wildman–Crippen LogP) is 10.6. The Bertz CT molecular complexity index is 2040. The predicted molar refractivity (Wildman–Crippen MR) is 201 cm³/mol. The summed E-state index contributed by atoms with van der Waals surface area (Å²) in [5, 5.41) is 9.29. The number of methoxy groups -OCH3 is 1. The molecule has 304 valence electrons. The van der Waals surface area contributed by atoms with Crippen LogP contribution in [-0.2, 0) is 23.9 Å². The molecule has 0 bridgehead atoms. The summed E-state index contributed by atoms with van der Waals surface area (Å²) in [6.45, 7) is 5.33. The second-order valence-electron chi connectivity index (χ2n) is 16.3. The highest BCUT2D eigenvalue weighted by Crippen LogP contribution is 2.53. The summed E-state index contributed by atoms with van der Waals surface area (Å²) in [7, 11) is 1.58. The van der Waals surface area contributed by atoms with Crippen LogP contribution in [0, 0.1) is 5.41 Å². The van der Waals surface area contributed by atoms with Crippen molar-refractivity contribution >= 4 is 11.9 Å². The van der Waals surface area contributed by atoms with Gasteiger partial charge in [0.1, 0.15) is 5.75 Å². The Morgan fingerprint density at radius 1 is 0.930 bits per heavy atom. The first-order valence-corrected chi connectivity index (χ1v) is 19.3. The minimum Gasteiger partial charge on any atom is -0.497 e. The monoisotopic (exact) mass is 796 g/mol. The normalized spacial score (nSPS) is 20.5. The number of hydrogen-bond donors (Lipinski definition) is 1.